The zero-order valence-electron chi connectivity index (χ0n) is 22.8. The maximum absolute atomic E-state index is 14.0. The predicted molar refractivity (Wildman–Crippen MR) is 140 cm³/mol. The van der Waals surface area contributed by atoms with Crippen molar-refractivity contribution in [3.05, 3.63) is 63.6 Å². The van der Waals surface area contributed by atoms with Crippen molar-refractivity contribution in [1.82, 2.24) is 39.4 Å². The van der Waals surface area contributed by atoms with Crippen LogP contribution in [0.5, 0.6) is 5.75 Å². The number of rotatable bonds is 4. The van der Waals surface area contributed by atoms with Gasteiger partial charge in [0.2, 0.25) is 5.75 Å². The van der Waals surface area contributed by atoms with Gasteiger partial charge in [-0.1, -0.05) is 6.07 Å². The van der Waals surface area contributed by atoms with Crippen molar-refractivity contribution in [3.63, 3.8) is 0 Å². The fraction of sp³-hybridized carbons (Fsp3) is 0.423. The molecule has 41 heavy (non-hydrogen) atoms. The van der Waals surface area contributed by atoms with Crippen LogP contribution in [0.4, 0.5) is 4.39 Å². The summed E-state index contributed by atoms with van der Waals surface area (Å²) in [6, 6.07) is 3.97. The van der Waals surface area contributed by atoms with Crippen LogP contribution >= 0.6 is 0 Å². The largest absolute Gasteiger partial charge is 0.501 e. The number of aromatic nitrogens is 5. The number of nitrogens with zero attached hydrogens (tertiary/aromatic N) is 7. The van der Waals surface area contributed by atoms with Crippen molar-refractivity contribution in [2.45, 2.75) is 38.5 Å². The number of hydrogen-bond donors (Lipinski definition) is 2. The Morgan fingerprint density at radius 3 is 2.59 bits per heavy atom. The van der Waals surface area contributed by atoms with Crippen LogP contribution in [0, 0.1) is 12.7 Å². The van der Waals surface area contributed by atoms with E-state index in [2.05, 4.69) is 20.4 Å². The summed E-state index contributed by atoms with van der Waals surface area (Å²) >= 11 is 0. The summed E-state index contributed by atoms with van der Waals surface area (Å²) in [7, 11) is 2.99. The van der Waals surface area contributed by atoms with Crippen molar-refractivity contribution in [2.75, 3.05) is 33.8 Å². The van der Waals surface area contributed by atoms with Crippen molar-refractivity contribution in [3.8, 4) is 11.4 Å². The summed E-state index contributed by atoms with van der Waals surface area (Å²) in [5.74, 6) is -2.77. The number of carbonyl (C=O) groups is 3. The van der Waals surface area contributed by atoms with E-state index in [0.29, 0.717) is 17.1 Å². The fourth-order valence-corrected chi connectivity index (χ4v) is 5.04. The normalized spacial score (nSPS) is 15.9. The van der Waals surface area contributed by atoms with E-state index in [1.165, 1.54) is 57.7 Å². The maximum Gasteiger partial charge on any atom is 0.312 e. The first-order valence-electron chi connectivity index (χ1n) is 12.9. The average molecular weight is 569 g/mol. The molecule has 2 N–H and O–H groups in total. The zero-order valence-corrected chi connectivity index (χ0v) is 22.8. The quantitative estimate of drug-likeness (QED) is 0.407. The molecule has 3 aromatic rings. The Kier molecular flexibility index (Phi) is 7.29. The molecule has 0 atom stereocenters. The Labute approximate surface area is 233 Å². The zero-order chi connectivity index (χ0) is 29.5. The number of piperidine rings is 1. The Bertz CT molecular complexity index is 1590. The van der Waals surface area contributed by atoms with E-state index >= 15 is 0 Å². The molecule has 0 aliphatic carbocycles. The summed E-state index contributed by atoms with van der Waals surface area (Å²) in [6.07, 6.45) is 1.88. The van der Waals surface area contributed by atoms with Crippen LogP contribution in [0.15, 0.2) is 29.3 Å². The molecule has 4 heterocycles. The number of fused-ring (bicyclic) bond motifs is 2. The third-order valence-electron chi connectivity index (χ3n) is 7.25. The highest BCUT2D eigenvalue weighted by molar-refractivity contribution is 6.34. The number of benzene rings is 1. The summed E-state index contributed by atoms with van der Waals surface area (Å²) in [4.78, 5) is 62.1. The molecule has 0 saturated carbocycles. The topological polar surface area (TPSA) is 165 Å². The number of aryl methyl sites for hydroxylation is 1. The van der Waals surface area contributed by atoms with E-state index in [-0.39, 0.29) is 51.5 Å². The Hall–Kier alpha value is -4.66. The molecular weight excluding hydrogens is 539 g/mol. The fourth-order valence-electron chi connectivity index (χ4n) is 5.04. The molecule has 15 heteroatoms. The second-order valence-corrected chi connectivity index (χ2v) is 10.1. The Morgan fingerprint density at radius 2 is 1.93 bits per heavy atom. The molecular formula is C26H29FN8O6. The highest BCUT2D eigenvalue weighted by Crippen LogP contribution is 2.38. The third kappa shape index (κ3) is 5.15. The van der Waals surface area contributed by atoms with Gasteiger partial charge in [-0.3, -0.25) is 23.7 Å². The molecule has 3 amide bonds. The number of nitrogens with one attached hydrogen (secondary N) is 1. The van der Waals surface area contributed by atoms with Crippen molar-refractivity contribution < 1.29 is 28.6 Å². The van der Waals surface area contributed by atoms with Gasteiger partial charge >= 0.3 is 11.8 Å². The minimum absolute atomic E-state index is 0.0918. The van der Waals surface area contributed by atoms with Crippen molar-refractivity contribution >= 4 is 17.7 Å². The summed E-state index contributed by atoms with van der Waals surface area (Å²) < 4.78 is 22.7. The van der Waals surface area contributed by atoms with Crippen molar-refractivity contribution in [1.29, 1.82) is 0 Å². The molecule has 2 aliphatic heterocycles. The van der Waals surface area contributed by atoms with Gasteiger partial charge in [0, 0.05) is 46.6 Å². The first-order valence-corrected chi connectivity index (χ1v) is 12.9. The Balaban J connectivity index is 1.40. The molecule has 1 fully saturated rings. The molecule has 0 radical (unpaired) electrons. The van der Waals surface area contributed by atoms with Gasteiger partial charge < -0.3 is 25.0 Å². The molecule has 2 aromatic heterocycles. The third-order valence-corrected chi connectivity index (χ3v) is 7.25. The average Bonchev–Trinajstić information content (AvgIpc) is 3.40. The molecule has 0 unspecified atom stereocenters. The van der Waals surface area contributed by atoms with Gasteiger partial charge in [0.05, 0.1) is 18.8 Å². The second-order valence-electron chi connectivity index (χ2n) is 10.1. The maximum atomic E-state index is 14.0. The summed E-state index contributed by atoms with van der Waals surface area (Å²) in [6.45, 7) is 2.22. The van der Waals surface area contributed by atoms with Gasteiger partial charge in [-0.15, -0.1) is 0 Å². The van der Waals surface area contributed by atoms with Gasteiger partial charge in [0.1, 0.15) is 29.4 Å². The standard InChI is InChI=1S/C26H29FN8O6/c1-15-29-14-35(31-15)18-12-17(27)5-4-16(18)13-28-21(37)19-20(36)22(38)34-10-11-41-26(25(34)30-19)6-8-33(9-7-26)24(40)23(39)32(2)3/h4-5,12,14,36H,6-11,13H2,1-3H3,(H,28,37). The molecule has 14 nitrogen and oxygen atoms in total. The highest BCUT2D eigenvalue weighted by atomic mass is 19.1. The number of aromatic hydroxyl groups is 1. The van der Waals surface area contributed by atoms with Gasteiger partial charge in [0.15, 0.2) is 5.69 Å². The number of amides is 3. The van der Waals surface area contributed by atoms with E-state index in [1.54, 1.807) is 6.92 Å². The molecule has 1 aromatic carbocycles. The molecule has 216 valence electrons. The number of hydrogen-bond acceptors (Lipinski definition) is 9. The number of likely N-dealkylation sites (N-methyl/N-ethyl adjacent to an activating group) is 1. The second kappa shape index (κ2) is 10.7. The van der Waals surface area contributed by atoms with E-state index in [1.807, 2.05) is 0 Å². The lowest BCUT2D eigenvalue weighted by molar-refractivity contribution is -0.157. The van der Waals surface area contributed by atoms with Gasteiger partial charge in [-0.05, 0) is 24.6 Å². The van der Waals surface area contributed by atoms with Crippen LogP contribution in [0.1, 0.15) is 40.5 Å². The summed E-state index contributed by atoms with van der Waals surface area (Å²) in [5, 5.41) is 17.5. The molecule has 2 aliphatic rings. The smallest absolute Gasteiger partial charge is 0.312 e. The molecule has 1 spiro atoms. The van der Waals surface area contributed by atoms with Crippen molar-refractivity contribution in [2.24, 2.45) is 0 Å². The van der Waals surface area contributed by atoms with Crippen LogP contribution in [0.2, 0.25) is 0 Å². The summed E-state index contributed by atoms with van der Waals surface area (Å²) in [5.41, 5.74) is -1.50. The first kappa shape index (κ1) is 27.9. The first-order chi connectivity index (χ1) is 19.5. The number of likely N-dealkylation sites (tertiary alicyclic amines) is 1. The van der Waals surface area contributed by atoms with E-state index in [0.717, 1.165) is 0 Å². The predicted octanol–water partition coefficient (Wildman–Crippen LogP) is -0.157. The lowest BCUT2D eigenvalue weighted by Crippen LogP contribution is -2.54. The van der Waals surface area contributed by atoms with Gasteiger partial charge in [-0.25, -0.2) is 19.0 Å². The minimum Gasteiger partial charge on any atom is -0.501 e. The lowest BCUT2D eigenvalue weighted by atomic mass is 9.88. The van der Waals surface area contributed by atoms with Crippen LogP contribution in [-0.4, -0.2) is 90.7 Å². The van der Waals surface area contributed by atoms with Crippen LogP contribution in [-0.2, 0) is 33.0 Å². The Morgan fingerprint density at radius 1 is 1.20 bits per heavy atom. The van der Waals surface area contributed by atoms with E-state index in [4.69, 9.17) is 4.74 Å². The monoisotopic (exact) mass is 568 g/mol. The van der Waals surface area contributed by atoms with Crippen LogP contribution in [0.3, 0.4) is 0 Å². The van der Waals surface area contributed by atoms with Crippen LogP contribution in [0.25, 0.3) is 5.69 Å². The number of carbonyl (C=O) groups excluding carboxylic acids is 3. The minimum atomic E-state index is -1.09. The van der Waals surface area contributed by atoms with E-state index < -0.39 is 46.1 Å². The van der Waals surface area contributed by atoms with Crippen LogP contribution < -0.4 is 10.9 Å². The van der Waals surface area contributed by atoms with E-state index in [9.17, 15) is 28.7 Å². The SMILES string of the molecule is Cc1ncn(-c2cc(F)ccc2CNC(=O)c2nc3n(c(=O)c2O)CCOC32CCN(C(=O)C(=O)N(C)C)CC2)n1. The number of ether oxygens (including phenoxy) is 1. The molecule has 1 saturated heterocycles. The molecule has 5 rings (SSSR count). The van der Waals surface area contributed by atoms with Gasteiger partial charge in [0.25, 0.3) is 11.5 Å². The highest BCUT2D eigenvalue weighted by Gasteiger charge is 2.45. The molecule has 0 bridgehead atoms. The lowest BCUT2D eigenvalue weighted by Gasteiger charge is -2.44. The van der Waals surface area contributed by atoms with Gasteiger partial charge in [-0.2, -0.15) is 5.10 Å². The number of halogens is 1.